The van der Waals surface area contributed by atoms with Crippen LogP contribution in [0.25, 0.3) is 0 Å². The van der Waals surface area contributed by atoms with Gasteiger partial charge in [-0.3, -0.25) is 0 Å². The Bertz CT molecular complexity index is 460. The van der Waals surface area contributed by atoms with Crippen molar-refractivity contribution < 1.29 is 10.2 Å². The summed E-state index contributed by atoms with van der Waals surface area (Å²) in [4.78, 5) is 0. The third kappa shape index (κ3) is 3.27. The summed E-state index contributed by atoms with van der Waals surface area (Å²) < 4.78 is 0. The molecule has 4 unspecified atom stereocenters. The first-order valence-electron chi connectivity index (χ1n) is 7.07. The number of hydrogen-bond acceptors (Lipinski definition) is 2. The van der Waals surface area contributed by atoms with Crippen molar-refractivity contribution in [3.8, 4) is 0 Å². The molecule has 0 saturated heterocycles. The first-order chi connectivity index (χ1) is 9.61. The standard InChI is InChI=1S/C18H22O2/c1-13(15-9-5-3-6-10-15)17(19)18(20)14(2)16-11-7-4-8-12-16/h3-14,17-20H,1-2H3. The maximum Gasteiger partial charge on any atom is 0.0870 e. The molecule has 0 bridgehead atoms. The van der Waals surface area contributed by atoms with Crippen LogP contribution in [-0.2, 0) is 0 Å². The summed E-state index contributed by atoms with van der Waals surface area (Å²) in [5.41, 5.74) is 2.08. The number of aliphatic hydroxyl groups is 2. The lowest BCUT2D eigenvalue weighted by atomic mass is 9.84. The molecule has 0 aliphatic heterocycles. The van der Waals surface area contributed by atoms with Crippen LogP contribution < -0.4 is 0 Å². The van der Waals surface area contributed by atoms with Crippen molar-refractivity contribution in [2.24, 2.45) is 0 Å². The van der Waals surface area contributed by atoms with Gasteiger partial charge in [0.05, 0.1) is 12.2 Å². The summed E-state index contributed by atoms with van der Waals surface area (Å²) in [5, 5.41) is 20.8. The van der Waals surface area contributed by atoms with E-state index in [2.05, 4.69) is 0 Å². The van der Waals surface area contributed by atoms with Crippen LogP contribution in [0, 0.1) is 0 Å². The van der Waals surface area contributed by atoms with E-state index in [1.165, 1.54) is 0 Å². The minimum Gasteiger partial charge on any atom is -0.390 e. The summed E-state index contributed by atoms with van der Waals surface area (Å²) >= 11 is 0. The van der Waals surface area contributed by atoms with Gasteiger partial charge in [-0.25, -0.2) is 0 Å². The Morgan fingerprint density at radius 2 is 0.900 bits per heavy atom. The van der Waals surface area contributed by atoms with Gasteiger partial charge in [-0.05, 0) is 11.1 Å². The van der Waals surface area contributed by atoms with E-state index < -0.39 is 12.2 Å². The van der Waals surface area contributed by atoms with Gasteiger partial charge in [-0.15, -0.1) is 0 Å². The van der Waals surface area contributed by atoms with Crippen molar-refractivity contribution in [3.63, 3.8) is 0 Å². The summed E-state index contributed by atoms with van der Waals surface area (Å²) in [6, 6.07) is 19.6. The summed E-state index contributed by atoms with van der Waals surface area (Å²) in [5.74, 6) is -0.199. The fourth-order valence-corrected chi connectivity index (χ4v) is 2.50. The Kier molecular flexibility index (Phi) is 4.94. The number of rotatable bonds is 5. The first kappa shape index (κ1) is 14.8. The highest BCUT2D eigenvalue weighted by atomic mass is 16.3. The third-order valence-corrected chi connectivity index (χ3v) is 4.03. The summed E-state index contributed by atoms with van der Waals surface area (Å²) in [6.07, 6.45) is -1.57. The molecule has 2 rings (SSSR count). The van der Waals surface area contributed by atoms with E-state index in [0.29, 0.717) is 0 Å². The van der Waals surface area contributed by atoms with Gasteiger partial charge in [0.2, 0.25) is 0 Å². The second kappa shape index (κ2) is 6.69. The van der Waals surface area contributed by atoms with Crippen LogP contribution in [0.4, 0.5) is 0 Å². The van der Waals surface area contributed by atoms with E-state index in [0.717, 1.165) is 11.1 Å². The van der Waals surface area contributed by atoms with E-state index in [9.17, 15) is 10.2 Å². The molecule has 0 fully saturated rings. The van der Waals surface area contributed by atoms with E-state index >= 15 is 0 Å². The lowest BCUT2D eigenvalue weighted by Gasteiger charge is -2.28. The molecule has 0 radical (unpaired) electrons. The molecule has 0 saturated carbocycles. The first-order valence-corrected chi connectivity index (χ1v) is 7.07. The minimum atomic E-state index is -0.785. The van der Waals surface area contributed by atoms with Crippen molar-refractivity contribution >= 4 is 0 Å². The topological polar surface area (TPSA) is 40.5 Å². The van der Waals surface area contributed by atoms with Crippen molar-refractivity contribution in [2.75, 3.05) is 0 Å². The van der Waals surface area contributed by atoms with Gasteiger partial charge in [0.25, 0.3) is 0 Å². The molecule has 0 heterocycles. The maximum absolute atomic E-state index is 10.4. The van der Waals surface area contributed by atoms with Gasteiger partial charge in [0.1, 0.15) is 0 Å². The zero-order chi connectivity index (χ0) is 14.5. The van der Waals surface area contributed by atoms with E-state index in [-0.39, 0.29) is 11.8 Å². The Morgan fingerprint density at radius 3 is 1.20 bits per heavy atom. The fraction of sp³-hybridized carbons (Fsp3) is 0.333. The number of aliphatic hydroxyl groups excluding tert-OH is 2. The lowest BCUT2D eigenvalue weighted by molar-refractivity contribution is -0.00670. The number of hydrogen-bond donors (Lipinski definition) is 2. The molecular formula is C18H22O2. The highest BCUT2D eigenvalue weighted by Gasteiger charge is 2.29. The summed E-state index contributed by atoms with van der Waals surface area (Å²) in [7, 11) is 0. The third-order valence-electron chi connectivity index (χ3n) is 4.03. The molecule has 0 aromatic heterocycles. The Balaban J connectivity index is 2.10. The molecule has 0 amide bonds. The molecular weight excluding hydrogens is 248 g/mol. The fourth-order valence-electron chi connectivity index (χ4n) is 2.50. The smallest absolute Gasteiger partial charge is 0.0870 e. The van der Waals surface area contributed by atoms with Crippen LogP contribution in [0.15, 0.2) is 60.7 Å². The van der Waals surface area contributed by atoms with Crippen LogP contribution in [0.5, 0.6) is 0 Å². The molecule has 0 aliphatic carbocycles. The minimum absolute atomic E-state index is 0.0997. The predicted molar refractivity (Wildman–Crippen MR) is 81.7 cm³/mol. The van der Waals surface area contributed by atoms with Crippen LogP contribution in [0.1, 0.15) is 36.8 Å². The molecule has 0 aliphatic rings. The van der Waals surface area contributed by atoms with Crippen molar-refractivity contribution in [3.05, 3.63) is 71.8 Å². The van der Waals surface area contributed by atoms with Gasteiger partial charge in [0, 0.05) is 11.8 Å². The van der Waals surface area contributed by atoms with Crippen molar-refractivity contribution in [1.82, 2.24) is 0 Å². The van der Waals surface area contributed by atoms with Crippen molar-refractivity contribution in [1.29, 1.82) is 0 Å². The largest absolute Gasteiger partial charge is 0.390 e. The van der Waals surface area contributed by atoms with Crippen LogP contribution in [0.2, 0.25) is 0 Å². The second-order valence-electron chi connectivity index (χ2n) is 5.38. The summed E-state index contributed by atoms with van der Waals surface area (Å²) in [6.45, 7) is 3.89. The van der Waals surface area contributed by atoms with E-state index in [4.69, 9.17) is 0 Å². The van der Waals surface area contributed by atoms with Gasteiger partial charge in [0.15, 0.2) is 0 Å². The molecule has 2 N–H and O–H groups in total. The van der Waals surface area contributed by atoms with Gasteiger partial charge >= 0.3 is 0 Å². The molecule has 4 atom stereocenters. The SMILES string of the molecule is CC(c1ccccc1)C(O)C(O)C(C)c1ccccc1. The van der Waals surface area contributed by atoms with E-state index in [1.54, 1.807) is 0 Å². The molecule has 2 heteroatoms. The Morgan fingerprint density at radius 1 is 0.600 bits per heavy atom. The van der Waals surface area contributed by atoms with Gasteiger partial charge < -0.3 is 10.2 Å². The second-order valence-corrected chi connectivity index (χ2v) is 5.38. The quantitative estimate of drug-likeness (QED) is 0.875. The molecule has 106 valence electrons. The Hall–Kier alpha value is -1.64. The molecule has 20 heavy (non-hydrogen) atoms. The highest BCUT2D eigenvalue weighted by Crippen LogP contribution is 2.28. The monoisotopic (exact) mass is 270 g/mol. The van der Waals surface area contributed by atoms with E-state index in [1.807, 2.05) is 74.5 Å². The van der Waals surface area contributed by atoms with Gasteiger partial charge in [-0.1, -0.05) is 74.5 Å². The molecule has 0 spiro atoms. The average Bonchev–Trinajstić information content (AvgIpc) is 2.53. The Labute approximate surface area is 120 Å². The van der Waals surface area contributed by atoms with Crippen molar-refractivity contribution in [2.45, 2.75) is 37.9 Å². The van der Waals surface area contributed by atoms with Crippen LogP contribution >= 0.6 is 0 Å². The predicted octanol–water partition coefficient (Wildman–Crippen LogP) is 3.32. The zero-order valence-electron chi connectivity index (χ0n) is 12.0. The molecule has 2 aromatic carbocycles. The van der Waals surface area contributed by atoms with Crippen LogP contribution in [0.3, 0.4) is 0 Å². The lowest BCUT2D eigenvalue weighted by Crippen LogP contribution is -2.34. The number of benzene rings is 2. The molecule has 2 aromatic rings. The van der Waals surface area contributed by atoms with Crippen LogP contribution in [-0.4, -0.2) is 22.4 Å². The average molecular weight is 270 g/mol. The zero-order valence-corrected chi connectivity index (χ0v) is 12.0. The highest BCUT2D eigenvalue weighted by molar-refractivity contribution is 5.23. The van der Waals surface area contributed by atoms with Gasteiger partial charge in [-0.2, -0.15) is 0 Å². The maximum atomic E-state index is 10.4. The molecule has 2 nitrogen and oxygen atoms in total. The normalized spacial score (nSPS) is 17.2.